The van der Waals surface area contributed by atoms with Gasteiger partial charge in [0.15, 0.2) is 0 Å². The van der Waals surface area contributed by atoms with Gasteiger partial charge in [0, 0.05) is 19.0 Å². The number of hydrogen-bond acceptors (Lipinski definition) is 10. The lowest BCUT2D eigenvalue weighted by atomic mass is 9.96. The number of anilines is 1. The van der Waals surface area contributed by atoms with Gasteiger partial charge in [0.25, 0.3) is 0 Å². The number of aromatic nitrogens is 1. The minimum Gasteiger partial charge on any atom is -0.465 e. The van der Waals surface area contributed by atoms with Crippen molar-refractivity contribution in [3.05, 3.63) is 58.3 Å². The molecule has 0 saturated carbocycles. The average molecular weight is 529 g/mol. The second-order valence-electron chi connectivity index (χ2n) is 8.46. The van der Waals surface area contributed by atoms with E-state index in [1.165, 1.54) is 25.3 Å². The molecule has 1 aliphatic rings. The normalized spacial score (nSPS) is 13.9. The van der Waals surface area contributed by atoms with E-state index < -0.39 is 39.5 Å². The molecule has 0 unspecified atom stereocenters. The first-order valence-corrected chi connectivity index (χ1v) is 13.3. The van der Waals surface area contributed by atoms with E-state index in [1.807, 2.05) is 4.90 Å². The van der Waals surface area contributed by atoms with Crippen molar-refractivity contribution in [1.82, 2.24) is 9.71 Å². The second kappa shape index (κ2) is 11.8. The number of esters is 2. The fourth-order valence-corrected chi connectivity index (χ4v) is 5.32. The van der Waals surface area contributed by atoms with E-state index in [9.17, 15) is 28.1 Å². The number of carbonyl (C=O) groups excluding carboxylic acids is 3. The molecule has 0 radical (unpaired) electrons. The summed E-state index contributed by atoms with van der Waals surface area (Å²) < 4.78 is 37.2. The molecule has 0 atom stereocenters. The number of rotatable bonds is 8. The molecule has 1 aromatic carbocycles. The van der Waals surface area contributed by atoms with Crippen LogP contribution in [0.4, 0.5) is 5.82 Å². The number of sulfonamides is 1. The van der Waals surface area contributed by atoms with Gasteiger partial charge in [-0.2, -0.15) is 5.26 Å². The van der Waals surface area contributed by atoms with Crippen molar-refractivity contribution in [3.8, 4) is 6.07 Å². The number of methoxy groups -OCH3 is 1. The van der Waals surface area contributed by atoms with Crippen molar-refractivity contribution < 1.29 is 32.3 Å². The van der Waals surface area contributed by atoms with Crippen LogP contribution in [-0.2, 0) is 30.0 Å². The van der Waals surface area contributed by atoms with Crippen molar-refractivity contribution in [2.75, 3.05) is 31.7 Å². The average Bonchev–Trinajstić information content (AvgIpc) is 2.88. The first kappa shape index (κ1) is 27.6. The zero-order chi connectivity index (χ0) is 27.2. The van der Waals surface area contributed by atoms with E-state index >= 15 is 0 Å². The molecular weight excluding hydrogens is 500 g/mol. The van der Waals surface area contributed by atoms with E-state index in [1.54, 1.807) is 26.0 Å². The van der Waals surface area contributed by atoms with Crippen molar-refractivity contribution in [3.63, 3.8) is 0 Å². The monoisotopic (exact) mass is 528 g/mol. The first-order chi connectivity index (χ1) is 17.6. The van der Waals surface area contributed by atoms with Crippen molar-refractivity contribution >= 4 is 33.7 Å². The lowest BCUT2D eigenvalue weighted by Crippen LogP contribution is -2.43. The van der Waals surface area contributed by atoms with Crippen molar-refractivity contribution in [2.24, 2.45) is 5.92 Å². The lowest BCUT2D eigenvalue weighted by Gasteiger charge is -2.32. The summed E-state index contributed by atoms with van der Waals surface area (Å²) in [5.41, 5.74) is 1.19. The molecule has 37 heavy (non-hydrogen) atoms. The van der Waals surface area contributed by atoms with Crippen LogP contribution < -0.4 is 9.62 Å². The highest BCUT2D eigenvalue weighted by Crippen LogP contribution is 2.27. The summed E-state index contributed by atoms with van der Waals surface area (Å²) in [5, 5.41) is 9.61. The van der Waals surface area contributed by atoms with E-state index in [4.69, 9.17) is 9.47 Å². The minimum atomic E-state index is -4.07. The van der Waals surface area contributed by atoms with E-state index in [-0.39, 0.29) is 28.9 Å². The standard InChI is InChI=1S/C25H28N4O7S/c1-4-36-25(32)21-13-19(14-26)22(27-16(21)2)29-11-9-17(10-12-29)23(30)28-37(33,34)15-18-7-5-6-8-20(18)24(31)35-3/h5-8,13,17H,4,9-12,15H2,1-3H3,(H,28,30). The van der Waals surface area contributed by atoms with Gasteiger partial charge < -0.3 is 14.4 Å². The van der Waals surface area contributed by atoms with Crippen molar-refractivity contribution in [2.45, 2.75) is 32.4 Å². The summed E-state index contributed by atoms with van der Waals surface area (Å²) in [6.45, 7) is 4.27. The Morgan fingerprint density at radius 3 is 2.46 bits per heavy atom. The number of carbonyl (C=O) groups is 3. The molecule has 0 spiro atoms. The number of hydrogen-bond donors (Lipinski definition) is 1. The molecule has 0 aliphatic carbocycles. The topological polar surface area (TPSA) is 156 Å². The fraction of sp³-hybridized carbons (Fsp3) is 0.400. The molecular formula is C25H28N4O7S. The predicted molar refractivity (Wildman–Crippen MR) is 133 cm³/mol. The molecule has 1 fully saturated rings. The molecule has 11 nitrogen and oxygen atoms in total. The number of nitrogens with zero attached hydrogens (tertiary/aromatic N) is 3. The van der Waals surface area contributed by atoms with Gasteiger partial charge in [-0.3, -0.25) is 9.52 Å². The molecule has 12 heteroatoms. The number of nitriles is 1. The molecule has 2 heterocycles. The molecule has 196 valence electrons. The van der Waals surface area contributed by atoms with Crippen LogP contribution in [0.15, 0.2) is 30.3 Å². The van der Waals surface area contributed by atoms with Crippen LogP contribution in [0.2, 0.25) is 0 Å². The Kier molecular flexibility index (Phi) is 8.83. The van der Waals surface area contributed by atoms with Crippen LogP contribution in [-0.4, -0.2) is 58.1 Å². The maximum Gasteiger partial charge on any atom is 0.340 e. The van der Waals surface area contributed by atoms with Crippen LogP contribution in [0.25, 0.3) is 0 Å². The highest BCUT2D eigenvalue weighted by atomic mass is 32.2. The highest BCUT2D eigenvalue weighted by Gasteiger charge is 2.30. The Morgan fingerprint density at radius 2 is 1.84 bits per heavy atom. The zero-order valence-electron chi connectivity index (χ0n) is 20.8. The SMILES string of the molecule is CCOC(=O)c1cc(C#N)c(N2CCC(C(=O)NS(=O)(=O)Cc3ccccc3C(=O)OC)CC2)nc1C. The molecule has 1 saturated heterocycles. The Morgan fingerprint density at radius 1 is 1.16 bits per heavy atom. The summed E-state index contributed by atoms with van der Waals surface area (Å²) >= 11 is 0. The van der Waals surface area contributed by atoms with Crippen LogP contribution in [0.5, 0.6) is 0 Å². The number of piperidine rings is 1. The highest BCUT2D eigenvalue weighted by molar-refractivity contribution is 7.89. The quantitative estimate of drug-likeness (QED) is 0.503. The van der Waals surface area contributed by atoms with Crippen LogP contribution in [0, 0.1) is 24.2 Å². The third-order valence-electron chi connectivity index (χ3n) is 6.00. The Labute approximate surface area is 215 Å². The summed E-state index contributed by atoms with van der Waals surface area (Å²) in [6.07, 6.45) is 0.677. The molecule has 3 rings (SSSR count). The zero-order valence-corrected chi connectivity index (χ0v) is 21.6. The van der Waals surface area contributed by atoms with Gasteiger partial charge in [-0.1, -0.05) is 18.2 Å². The van der Waals surface area contributed by atoms with Gasteiger partial charge in [-0.15, -0.1) is 0 Å². The van der Waals surface area contributed by atoms with Gasteiger partial charge in [-0.25, -0.2) is 23.0 Å². The van der Waals surface area contributed by atoms with Gasteiger partial charge in [-0.05, 0) is 44.4 Å². The molecule has 1 amide bonds. The lowest BCUT2D eigenvalue weighted by molar-refractivity contribution is -0.123. The summed E-state index contributed by atoms with van der Waals surface area (Å²) in [4.78, 5) is 43.1. The molecule has 1 N–H and O–H groups in total. The third kappa shape index (κ3) is 6.62. The number of aryl methyl sites for hydroxylation is 1. The van der Waals surface area contributed by atoms with Gasteiger partial charge in [0.05, 0.1) is 41.9 Å². The molecule has 1 aromatic heterocycles. The third-order valence-corrected chi connectivity index (χ3v) is 7.20. The largest absolute Gasteiger partial charge is 0.465 e. The minimum absolute atomic E-state index is 0.112. The maximum absolute atomic E-state index is 12.8. The maximum atomic E-state index is 12.8. The number of amides is 1. The number of pyridine rings is 1. The van der Waals surface area contributed by atoms with Crippen LogP contribution in [0.3, 0.4) is 0 Å². The molecule has 1 aliphatic heterocycles. The molecule has 0 bridgehead atoms. The summed E-state index contributed by atoms with van der Waals surface area (Å²) in [5.74, 6) is -2.56. The first-order valence-electron chi connectivity index (χ1n) is 11.6. The van der Waals surface area contributed by atoms with Gasteiger partial charge in [0.2, 0.25) is 15.9 Å². The number of nitrogens with one attached hydrogen (secondary N) is 1. The second-order valence-corrected chi connectivity index (χ2v) is 10.2. The van der Waals surface area contributed by atoms with Gasteiger partial charge in [0.1, 0.15) is 11.9 Å². The van der Waals surface area contributed by atoms with Gasteiger partial charge >= 0.3 is 11.9 Å². The number of ether oxygens (including phenoxy) is 2. The summed E-state index contributed by atoms with van der Waals surface area (Å²) in [7, 11) is -2.87. The predicted octanol–water partition coefficient (Wildman–Crippen LogP) is 2.09. The van der Waals surface area contributed by atoms with E-state index in [0.29, 0.717) is 37.4 Å². The van der Waals surface area contributed by atoms with Crippen LogP contribution >= 0.6 is 0 Å². The Hall–Kier alpha value is -3.98. The van der Waals surface area contributed by atoms with E-state index in [0.717, 1.165) is 0 Å². The van der Waals surface area contributed by atoms with Crippen LogP contribution in [0.1, 0.15) is 57.3 Å². The Bertz CT molecular complexity index is 1340. The molecule has 2 aromatic rings. The smallest absolute Gasteiger partial charge is 0.340 e. The number of benzene rings is 1. The van der Waals surface area contributed by atoms with Crippen molar-refractivity contribution in [1.29, 1.82) is 5.26 Å². The fourth-order valence-electron chi connectivity index (χ4n) is 4.12. The Balaban J connectivity index is 1.66. The summed E-state index contributed by atoms with van der Waals surface area (Å²) in [6, 6.07) is 9.64. The van der Waals surface area contributed by atoms with E-state index in [2.05, 4.69) is 15.8 Å².